The van der Waals surface area contributed by atoms with E-state index in [0.717, 1.165) is 6.42 Å². The monoisotopic (exact) mass is 173 g/mol. The van der Waals surface area contributed by atoms with Crippen molar-refractivity contribution in [2.75, 3.05) is 6.61 Å². The number of ketones is 1. The third kappa shape index (κ3) is 5.27. The normalized spacial score (nSPS) is 11.7. The molecule has 0 aromatic carbocycles. The zero-order chi connectivity index (χ0) is 9.61. The molecule has 0 amide bonds. The molecule has 0 atom stereocenters. The summed E-state index contributed by atoms with van der Waals surface area (Å²) in [6, 6.07) is 0. The number of carbonyl (C=O) groups excluding carboxylic acids is 1. The molecule has 0 rings (SSSR count). The van der Waals surface area contributed by atoms with Crippen LogP contribution in [-0.4, -0.2) is 23.1 Å². The van der Waals surface area contributed by atoms with Gasteiger partial charge in [0.2, 0.25) is 0 Å². The highest BCUT2D eigenvalue weighted by atomic mass is 16.3. The van der Waals surface area contributed by atoms with Crippen molar-refractivity contribution in [1.82, 2.24) is 0 Å². The standard InChI is InChI=1S/C9H17O3/c1-9(2,12)8(11)6-4-3-5-7-10/h10H,3-7H2,1-2H3/q-1. The quantitative estimate of drug-likeness (QED) is 0.585. The number of Topliss-reactive ketones (excluding diaryl/α,β-unsaturated/α-hetero) is 1. The maximum absolute atomic E-state index is 11.1. The SMILES string of the molecule is CC(C)([O-])C(=O)CCCCCO. The van der Waals surface area contributed by atoms with Crippen LogP contribution in [0.3, 0.4) is 0 Å². The molecule has 0 heterocycles. The van der Waals surface area contributed by atoms with Gasteiger partial charge < -0.3 is 15.0 Å². The van der Waals surface area contributed by atoms with Crippen molar-refractivity contribution >= 4 is 5.78 Å². The summed E-state index contributed by atoms with van der Waals surface area (Å²) in [5, 5.41) is 19.5. The van der Waals surface area contributed by atoms with Crippen LogP contribution in [0, 0.1) is 0 Å². The summed E-state index contributed by atoms with van der Waals surface area (Å²) in [6.45, 7) is 2.94. The second-order valence-corrected chi connectivity index (χ2v) is 3.47. The van der Waals surface area contributed by atoms with Crippen molar-refractivity contribution in [3.63, 3.8) is 0 Å². The van der Waals surface area contributed by atoms with Gasteiger partial charge in [-0.05, 0) is 12.8 Å². The number of aliphatic hydroxyl groups is 1. The van der Waals surface area contributed by atoms with E-state index in [1.807, 2.05) is 0 Å². The molecule has 0 saturated carbocycles. The summed E-state index contributed by atoms with van der Waals surface area (Å²) in [7, 11) is 0. The van der Waals surface area contributed by atoms with E-state index in [9.17, 15) is 9.90 Å². The molecule has 12 heavy (non-hydrogen) atoms. The zero-order valence-electron chi connectivity index (χ0n) is 7.80. The van der Waals surface area contributed by atoms with Crippen LogP contribution >= 0.6 is 0 Å². The highest BCUT2D eigenvalue weighted by Gasteiger charge is 2.12. The van der Waals surface area contributed by atoms with Crippen molar-refractivity contribution in [2.45, 2.75) is 45.1 Å². The number of rotatable bonds is 6. The molecule has 1 N–H and O–H groups in total. The predicted octanol–water partition coefficient (Wildman–Crippen LogP) is 0.247. The molecular formula is C9H17O3-. The first-order valence-corrected chi connectivity index (χ1v) is 4.33. The summed E-state index contributed by atoms with van der Waals surface area (Å²) in [5.74, 6) is -0.236. The van der Waals surface area contributed by atoms with Crippen LogP contribution < -0.4 is 5.11 Å². The fourth-order valence-corrected chi connectivity index (χ4v) is 0.875. The molecule has 0 aliphatic carbocycles. The first kappa shape index (κ1) is 11.6. The largest absolute Gasteiger partial charge is 0.844 e. The predicted molar refractivity (Wildman–Crippen MR) is 44.6 cm³/mol. The van der Waals surface area contributed by atoms with Gasteiger partial charge in [-0.2, -0.15) is 0 Å². The lowest BCUT2D eigenvalue weighted by Crippen LogP contribution is -2.45. The number of unbranched alkanes of at least 4 members (excludes halogenated alkanes) is 2. The highest BCUT2D eigenvalue weighted by Crippen LogP contribution is 2.07. The Morgan fingerprint density at radius 2 is 1.92 bits per heavy atom. The lowest BCUT2D eigenvalue weighted by atomic mass is 9.99. The molecule has 0 aromatic heterocycles. The minimum absolute atomic E-state index is 0.162. The van der Waals surface area contributed by atoms with E-state index in [1.54, 1.807) is 0 Å². The van der Waals surface area contributed by atoms with Crippen LogP contribution in [0.4, 0.5) is 0 Å². The fraction of sp³-hybridized carbons (Fsp3) is 0.889. The molecule has 0 saturated heterocycles. The molecule has 3 heteroatoms. The highest BCUT2D eigenvalue weighted by molar-refractivity contribution is 5.85. The third-order valence-corrected chi connectivity index (χ3v) is 1.73. The first-order valence-electron chi connectivity index (χ1n) is 4.33. The summed E-state index contributed by atoms with van der Waals surface area (Å²) in [5.41, 5.74) is -1.45. The topological polar surface area (TPSA) is 60.4 Å². The molecule has 0 aliphatic heterocycles. The molecular weight excluding hydrogens is 156 g/mol. The summed E-state index contributed by atoms with van der Waals surface area (Å²) in [6.07, 6.45) is 2.59. The van der Waals surface area contributed by atoms with Crippen LogP contribution in [-0.2, 0) is 4.79 Å². The molecule has 0 spiro atoms. The number of hydrogen-bond donors (Lipinski definition) is 1. The summed E-state index contributed by atoms with van der Waals surface area (Å²) in [4.78, 5) is 11.1. The maximum Gasteiger partial charge on any atom is 0.122 e. The molecule has 0 fully saturated rings. The average molecular weight is 173 g/mol. The van der Waals surface area contributed by atoms with Gasteiger partial charge in [0.1, 0.15) is 5.78 Å². The molecule has 72 valence electrons. The van der Waals surface area contributed by atoms with Crippen LogP contribution in [0.1, 0.15) is 39.5 Å². The van der Waals surface area contributed by atoms with Crippen molar-refractivity contribution in [2.24, 2.45) is 0 Å². The Bertz CT molecular complexity index is 135. The van der Waals surface area contributed by atoms with E-state index >= 15 is 0 Å². The third-order valence-electron chi connectivity index (χ3n) is 1.73. The second-order valence-electron chi connectivity index (χ2n) is 3.47. The van der Waals surface area contributed by atoms with Crippen LogP contribution in [0.5, 0.6) is 0 Å². The Hall–Kier alpha value is -0.410. The van der Waals surface area contributed by atoms with Gasteiger partial charge in [-0.3, -0.25) is 0 Å². The van der Waals surface area contributed by atoms with Gasteiger partial charge in [0.05, 0.1) is 0 Å². The maximum atomic E-state index is 11.1. The Balaban J connectivity index is 3.45. The summed E-state index contributed by atoms with van der Waals surface area (Å²) < 4.78 is 0. The van der Waals surface area contributed by atoms with Crippen LogP contribution in [0.25, 0.3) is 0 Å². The second kappa shape index (κ2) is 5.27. The molecule has 0 aromatic rings. The van der Waals surface area contributed by atoms with Crippen molar-refractivity contribution in [3.05, 3.63) is 0 Å². The molecule has 0 aliphatic rings. The van der Waals surface area contributed by atoms with Gasteiger partial charge in [-0.1, -0.05) is 25.9 Å². The minimum atomic E-state index is -1.45. The fourth-order valence-electron chi connectivity index (χ4n) is 0.875. The minimum Gasteiger partial charge on any atom is -0.844 e. The summed E-state index contributed by atoms with van der Waals surface area (Å²) >= 11 is 0. The van der Waals surface area contributed by atoms with Gasteiger partial charge in [-0.25, -0.2) is 0 Å². The van der Waals surface area contributed by atoms with Crippen molar-refractivity contribution in [3.8, 4) is 0 Å². The molecule has 3 nitrogen and oxygen atoms in total. The van der Waals surface area contributed by atoms with Crippen LogP contribution in [0.15, 0.2) is 0 Å². The van der Waals surface area contributed by atoms with E-state index in [-0.39, 0.29) is 12.4 Å². The zero-order valence-corrected chi connectivity index (χ0v) is 7.80. The smallest absolute Gasteiger partial charge is 0.122 e. The average Bonchev–Trinajstić information content (AvgIpc) is 1.96. The van der Waals surface area contributed by atoms with E-state index in [1.165, 1.54) is 13.8 Å². The number of carbonyl (C=O) groups is 1. The number of aliphatic hydroxyl groups excluding tert-OH is 1. The molecule has 0 radical (unpaired) electrons. The van der Waals surface area contributed by atoms with Crippen molar-refractivity contribution < 1.29 is 15.0 Å². The lowest BCUT2D eigenvalue weighted by molar-refractivity contribution is -0.445. The van der Waals surface area contributed by atoms with Crippen molar-refractivity contribution in [1.29, 1.82) is 0 Å². The van der Waals surface area contributed by atoms with E-state index in [4.69, 9.17) is 5.11 Å². The number of hydrogen-bond acceptors (Lipinski definition) is 3. The Kier molecular flexibility index (Phi) is 5.09. The van der Waals surface area contributed by atoms with Gasteiger partial charge >= 0.3 is 0 Å². The van der Waals surface area contributed by atoms with E-state index in [2.05, 4.69) is 0 Å². The van der Waals surface area contributed by atoms with Gasteiger partial charge in [0.25, 0.3) is 0 Å². The van der Waals surface area contributed by atoms with Crippen LogP contribution in [0.2, 0.25) is 0 Å². The van der Waals surface area contributed by atoms with Gasteiger partial charge in [-0.15, -0.1) is 0 Å². The van der Waals surface area contributed by atoms with Gasteiger partial charge in [0, 0.05) is 13.0 Å². The molecule has 0 unspecified atom stereocenters. The van der Waals surface area contributed by atoms with Gasteiger partial charge in [0.15, 0.2) is 0 Å². The Labute approximate surface area is 73.4 Å². The molecule has 0 bridgehead atoms. The Morgan fingerprint density at radius 1 is 1.33 bits per heavy atom. The van der Waals surface area contributed by atoms with E-state index < -0.39 is 5.60 Å². The lowest BCUT2D eigenvalue weighted by Gasteiger charge is -2.29. The Morgan fingerprint density at radius 3 is 2.33 bits per heavy atom. The first-order chi connectivity index (χ1) is 5.48. The van der Waals surface area contributed by atoms with E-state index in [0.29, 0.717) is 19.3 Å².